The van der Waals surface area contributed by atoms with Gasteiger partial charge in [0.1, 0.15) is 11.5 Å². The van der Waals surface area contributed by atoms with E-state index in [4.69, 9.17) is 4.74 Å². The third-order valence-electron chi connectivity index (χ3n) is 5.47. The molecule has 0 spiro atoms. The molecular weight excluding hydrogens is 380 g/mol. The summed E-state index contributed by atoms with van der Waals surface area (Å²) in [6, 6.07) is 12.3. The number of Topliss-reactive ketones (excluding diaryl/α,β-unsaturated/α-hetero) is 1. The molecule has 2 aromatic carbocycles. The number of aliphatic hydroxyl groups is 1. The quantitative estimate of drug-likeness (QED) is 0.434. The highest BCUT2D eigenvalue weighted by Gasteiger charge is 2.46. The summed E-state index contributed by atoms with van der Waals surface area (Å²) in [5.74, 6) is -0.676. The van der Waals surface area contributed by atoms with E-state index in [0.717, 1.165) is 16.7 Å². The number of aryl methyl sites for hydroxylation is 2. The van der Waals surface area contributed by atoms with Gasteiger partial charge in [0, 0.05) is 5.56 Å². The van der Waals surface area contributed by atoms with Crippen LogP contribution in [0.15, 0.2) is 48.0 Å². The number of likely N-dealkylation sites (tertiary alicyclic amines) is 1. The number of quaternary nitrogens is 1. The zero-order chi connectivity index (χ0) is 22.0. The number of aliphatic hydroxyl groups excluding tert-OH is 1. The van der Waals surface area contributed by atoms with Crippen LogP contribution in [-0.2, 0) is 9.59 Å². The summed E-state index contributed by atoms with van der Waals surface area (Å²) in [6.45, 7) is 4.90. The first-order valence-electron chi connectivity index (χ1n) is 10.0. The average molecular weight is 410 g/mol. The summed E-state index contributed by atoms with van der Waals surface area (Å²) in [7, 11) is 5.58. The molecule has 30 heavy (non-hydrogen) atoms. The summed E-state index contributed by atoms with van der Waals surface area (Å²) in [5, 5.41) is 11.2. The molecular formula is C24H29N2O4+. The molecule has 1 atom stereocenters. The van der Waals surface area contributed by atoms with E-state index < -0.39 is 17.7 Å². The molecule has 158 valence electrons. The Hall–Kier alpha value is -3.12. The van der Waals surface area contributed by atoms with Crippen molar-refractivity contribution in [3.8, 4) is 5.75 Å². The monoisotopic (exact) mass is 409 g/mol. The first-order valence-corrected chi connectivity index (χ1v) is 10.0. The second-order valence-corrected chi connectivity index (χ2v) is 8.04. The van der Waals surface area contributed by atoms with Crippen LogP contribution in [0.1, 0.15) is 28.3 Å². The molecule has 1 fully saturated rings. The molecule has 1 aliphatic rings. The molecule has 1 heterocycles. The Balaban J connectivity index is 2.18. The fourth-order valence-corrected chi connectivity index (χ4v) is 3.72. The van der Waals surface area contributed by atoms with Crippen LogP contribution in [0.25, 0.3) is 5.76 Å². The number of rotatable bonds is 6. The minimum atomic E-state index is -0.650. The number of carbonyl (C=O) groups excluding carboxylic acids is 2. The Morgan fingerprint density at radius 2 is 1.77 bits per heavy atom. The van der Waals surface area contributed by atoms with E-state index in [1.165, 1.54) is 4.90 Å². The van der Waals surface area contributed by atoms with Gasteiger partial charge in [-0.2, -0.15) is 0 Å². The minimum Gasteiger partial charge on any atom is -0.507 e. The summed E-state index contributed by atoms with van der Waals surface area (Å²) < 4.78 is 5.24. The second-order valence-electron chi connectivity index (χ2n) is 8.04. The fraction of sp³-hybridized carbons (Fsp3) is 0.333. The molecule has 6 heteroatoms. The molecule has 6 nitrogen and oxygen atoms in total. The summed E-state index contributed by atoms with van der Waals surface area (Å²) in [4.78, 5) is 28.7. The Morgan fingerprint density at radius 1 is 1.10 bits per heavy atom. The van der Waals surface area contributed by atoms with Crippen molar-refractivity contribution in [1.29, 1.82) is 0 Å². The van der Waals surface area contributed by atoms with Crippen molar-refractivity contribution in [2.24, 2.45) is 0 Å². The first-order chi connectivity index (χ1) is 14.2. The van der Waals surface area contributed by atoms with Crippen molar-refractivity contribution in [2.75, 3.05) is 34.3 Å². The third-order valence-corrected chi connectivity index (χ3v) is 5.47. The number of likely N-dealkylation sites (N-methyl/N-ethyl adjacent to an activating group) is 1. The average Bonchev–Trinajstić information content (AvgIpc) is 2.98. The van der Waals surface area contributed by atoms with E-state index in [1.54, 1.807) is 24.1 Å². The molecule has 0 aromatic heterocycles. The van der Waals surface area contributed by atoms with E-state index in [-0.39, 0.29) is 11.3 Å². The Morgan fingerprint density at radius 3 is 2.37 bits per heavy atom. The lowest BCUT2D eigenvalue weighted by molar-refractivity contribution is -0.857. The SMILES string of the molecule is COc1ccc([C@H]2C(=C(O)c3cc(C)ccc3C)C(=O)C(=O)N2CC[NH+](C)C)cc1. The van der Waals surface area contributed by atoms with E-state index >= 15 is 0 Å². The number of hydrogen-bond donors (Lipinski definition) is 2. The molecule has 2 aromatic rings. The van der Waals surface area contributed by atoms with Crippen molar-refractivity contribution in [3.63, 3.8) is 0 Å². The van der Waals surface area contributed by atoms with Gasteiger partial charge in [0.2, 0.25) is 0 Å². The molecule has 1 aliphatic heterocycles. The second kappa shape index (κ2) is 8.71. The van der Waals surface area contributed by atoms with Crippen molar-refractivity contribution < 1.29 is 24.3 Å². The Labute approximate surface area is 177 Å². The topological polar surface area (TPSA) is 71.3 Å². The van der Waals surface area contributed by atoms with Gasteiger partial charge in [0.15, 0.2) is 0 Å². The Bertz CT molecular complexity index is 993. The van der Waals surface area contributed by atoms with Crippen LogP contribution in [0.5, 0.6) is 5.75 Å². The van der Waals surface area contributed by atoms with Crippen LogP contribution in [0.2, 0.25) is 0 Å². The largest absolute Gasteiger partial charge is 0.507 e. The van der Waals surface area contributed by atoms with Gasteiger partial charge in [0.05, 0.1) is 45.9 Å². The molecule has 2 N–H and O–H groups in total. The number of carbonyl (C=O) groups is 2. The molecule has 0 radical (unpaired) electrons. The molecule has 0 bridgehead atoms. The predicted molar refractivity (Wildman–Crippen MR) is 116 cm³/mol. The van der Waals surface area contributed by atoms with E-state index in [2.05, 4.69) is 0 Å². The maximum atomic E-state index is 13.0. The smallest absolute Gasteiger partial charge is 0.295 e. The first kappa shape index (κ1) is 21.6. The zero-order valence-electron chi connectivity index (χ0n) is 18.2. The standard InChI is InChI=1S/C24H28N2O4/c1-15-6-7-16(2)19(14-15)22(27)20-21(17-8-10-18(30-5)11-9-17)26(13-12-25(3)4)24(29)23(20)28/h6-11,14,21,27H,12-13H2,1-5H3/p+1/t21-/m0/s1. The van der Waals surface area contributed by atoms with Gasteiger partial charge in [-0.25, -0.2) is 0 Å². The third kappa shape index (κ3) is 4.09. The van der Waals surface area contributed by atoms with Crippen molar-refractivity contribution in [2.45, 2.75) is 19.9 Å². The molecule has 0 unspecified atom stereocenters. The van der Waals surface area contributed by atoms with Gasteiger partial charge in [-0.15, -0.1) is 0 Å². The van der Waals surface area contributed by atoms with Crippen LogP contribution >= 0.6 is 0 Å². The molecule has 1 saturated heterocycles. The molecule has 0 aliphatic carbocycles. The summed E-state index contributed by atoms with van der Waals surface area (Å²) in [6.07, 6.45) is 0. The van der Waals surface area contributed by atoms with Crippen molar-refractivity contribution in [3.05, 3.63) is 70.3 Å². The molecule has 3 rings (SSSR count). The Kier molecular flexibility index (Phi) is 6.27. The van der Waals surface area contributed by atoms with E-state index in [9.17, 15) is 14.7 Å². The van der Waals surface area contributed by atoms with Crippen LogP contribution in [0.4, 0.5) is 0 Å². The van der Waals surface area contributed by atoms with Gasteiger partial charge in [-0.1, -0.05) is 29.8 Å². The van der Waals surface area contributed by atoms with E-state index in [0.29, 0.717) is 24.4 Å². The predicted octanol–water partition coefficient (Wildman–Crippen LogP) is 1.88. The molecule has 1 amide bonds. The maximum absolute atomic E-state index is 13.0. The van der Waals surface area contributed by atoms with Crippen molar-refractivity contribution in [1.82, 2.24) is 4.90 Å². The number of nitrogens with one attached hydrogen (secondary N) is 1. The lowest BCUT2D eigenvalue weighted by atomic mass is 9.93. The highest BCUT2D eigenvalue weighted by molar-refractivity contribution is 6.46. The van der Waals surface area contributed by atoms with Gasteiger partial charge in [-0.3, -0.25) is 9.59 Å². The van der Waals surface area contributed by atoms with Crippen LogP contribution < -0.4 is 9.64 Å². The van der Waals surface area contributed by atoms with Gasteiger partial charge in [0.25, 0.3) is 11.7 Å². The number of methoxy groups -OCH3 is 1. The number of hydrogen-bond acceptors (Lipinski definition) is 4. The number of nitrogens with zero attached hydrogens (tertiary/aromatic N) is 1. The lowest BCUT2D eigenvalue weighted by Gasteiger charge is -2.26. The number of benzene rings is 2. The lowest BCUT2D eigenvalue weighted by Crippen LogP contribution is -3.06. The molecule has 0 saturated carbocycles. The van der Waals surface area contributed by atoms with Crippen LogP contribution in [-0.4, -0.2) is 56.0 Å². The van der Waals surface area contributed by atoms with E-state index in [1.807, 2.05) is 58.3 Å². The fourth-order valence-electron chi connectivity index (χ4n) is 3.72. The number of amides is 1. The maximum Gasteiger partial charge on any atom is 0.295 e. The highest BCUT2D eigenvalue weighted by atomic mass is 16.5. The number of ether oxygens (including phenoxy) is 1. The van der Waals surface area contributed by atoms with Gasteiger partial charge >= 0.3 is 0 Å². The summed E-state index contributed by atoms with van der Waals surface area (Å²) in [5.41, 5.74) is 3.28. The zero-order valence-corrected chi connectivity index (χ0v) is 18.2. The van der Waals surface area contributed by atoms with Crippen LogP contribution in [0.3, 0.4) is 0 Å². The number of ketones is 1. The van der Waals surface area contributed by atoms with Gasteiger partial charge in [-0.05, 0) is 43.2 Å². The normalized spacial score (nSPS) is 18.3. The van der Waals surface area contributed by atoms with Crippen LogP contribution in [0, 0.1) is 13.8 Å². The minimum absolute atomic E-state index is 0.130. The van der Waals surface area contributed by atoms with Crippen molar-refractivity contribution >= 4 is 17.4 Å². The van der Waals surface area contributed by atoms with Gasteiger partial charge < -0.3 is 19.6 Å². The highest BCUT2D eigenvalue weighted by Crippen LogP contribution is 2.40. The summed E-state index contributed by atoms with van der Waals surface area (Å²) >= 11 is 0.